The Morgan fingerprint density at radius 2 is 2.06 bits per heavy atom. The van der Waals surface area contributed by atoms with Gasteiger partial charge in [0.25, 0.3) is 0 Å². The lowest BCUT2D eigenvalue weighted by atomic mass is 10.0. The first-order chi connectivity index (χ1) is 8.10. The Kier molecular flexibility index (Phi) is 5.21. The summed E-state index contributed by atoms with van der Waals surface area (Å²) in [7, 11) is 1.52. The van der Waals surface area contributed by atoms with Gasteiger partial charge in [-0.05, 0) is 19.3 Å². The topological polar surface area (TPSA) is 78.5 Å². The third-order valence-electron chi connectivity index (χ3n) is 2.68. The van der Waals surface area contributed by atoms with Crippen LogP contribution in [-0.2, 0) is 9.59 Å². The van der Waals surface area contributed by atoms with Gasteiger partial charge in [0.05, 0.1) is 0 Å². The van der Waals surface area contributed by atoms with Crippen molar-refractivity contribution in [2.24, 2.45) is 0 Å². The van der Waals surface area contributed by atoms with Gasteiger partial charge in [0.2, 0.25) is 11.8 Å². The standard InChI is InChI=1S/C10H16ClN3O3/c1-12-9(16)7-4-2-3-5-14(7)10(17)13-8(15)6-11/h7H,2-6H2,1H3,(H,12,16)(H,13,15,17). The smallest absolute Gasteiger partial charge is 0.324 e. The Morgan fingerprint density at radius 3 is 2.65 bits per heavy atom. The van der Waals surface area contributed by atoms with E-state index in [1.165, 1.54) is 11.9 Å². The maximum atomic E-state index is 11.8. The molecule has 1 aliphatic heterocycles. The van der Waals surface area contributed by atoms with E-state index >= 15 is 0 Å². The summed E-state index contributed by atoms with van der Waals surface area (Å²) in [5.74, 6) is -1.04. The van der Waals surface area contributed by atoms with E-state index < -0.39 is 18.0 Å². The van der Waals surface area contributed by atoms with Crippen molar-refractivity contribution in [3.8, 4) is 0 Å². The molecule has 0 saturated carbocycles. The molecule has 17 heavy (non-hydrogen) atoms. The molecule has 0 aromatic heterocycles. The van der Waals surface area contributed by atoms with Crippen molar-refractivity contribution < 1.29 is 14.4 Å². The van der Waals surface area contributed by atoms with Gasteiger partial charge in [-0.3, -0.25) is 14.9 Å². The van der Waals surface area contributed by atoms with Gasteiger partial charge in [-0.25, -0.2) is 4.79 Å². The van der Waals surface area contributed by atoms with Crippen LogP contribution in [0.3, 0.4) is 0 Å². The zero-order valence-electron chi connectivity index (χ0n) is 9.66. The maximum Gasteiger partial charge on any atom is 0.324 e. The summed E-state index contributed by atoms with van der Waals surface area (Å²) in [5, 5.41) is 4.66. The lowest BCUT2D eigenvalue weighted by Gasteiger charge is -2.34. The van der Waals surface area contributed by atoms with E-state index in [4.69, 9.17) is 11.6 Å². The monoisotopic (exact) mass is 261 g/mol. The van der Waals surface area contributed by atoms with Gasteiger partial charge in [0.1, 0.15) is 11.9 Å². The van der Waals surface area contributed by atoms with Gasteiger partial charge in [0.15, 0.2) is 0 Å². The fourth-order valence-electron chi connectivity index (χ4n) is 1.84. The van der Waals surface area contributed by atoms with Crippen LogP contribution in [0.4, 0.5) is 4.79 Å². The van der Waals surface area contributed by atoms with Crippen LogP contribution in [0, 0.1) is 0 Å². The van der Waals surface area contributed by atoms with E-state index in [2.05, 4.69) is 10.6 Å². The molecule has 6 nitrogen and oxygen atoms in total. The lowest BCUT2D eigenvalue weighted by Crippen LogP contribution is -2.55. The number of amides is 4. The number of likely N-dealkylation sites (N-methyl/N-ethyl adjacent to an activating group) is 1. The van der Waals surface area contributed by atoms with Crippen LogP contribution in [0.2, 0.25) is 0 Å². The number of imide groups is 1. The van der Waals surface area contributed by atoms with E-state index in [9.17, 15) is 14.4 Å². The molecule has 1 rings (SSSR count). The molecular weight excluding hydrogens is 246 g/mol. The second-order valence-corrected chi connectivity index (χ2v) is 4.07. The van der Waals surface area contributed by atoms with Crippen LogP contribution in [0.5, 0.6) is 0 Å². The number of urea groups is 1. The van der Waals surface area contributed by atoms with Gasteiger partial charge in [-0.15, -0.1) is 11.6 Å². The number of nitrogens with one attached hydrogen (secondary N) is 2. The van der Waals surface area contributed by atoms with E-state index in [0.29, 0.717) is 13.0 Å². The molecule has 0 radical (unpaired) electrons. The number of nitrogens with zero attached hydrogens (tertiary/aromatic N) is 1. The van der Waals surface area contributed by atoms with Crippen molar-refractivity contribution in [3.63, 3.8) is 0 Å². The lowest BCUT2D eigenvalue weighted by molar-refractivity contribution is -0.126. The molecule has 0 aliphatic carbocycles. The molecule has 0 aromatic carbocycles. The average molecular weight is 262 g/mol. The largest absolute Gasteiger partial charge is 0.357 e. The molecule has 0 spiro atoms. The molecule has 2 N–H and O–H groups in total. The van der Waals surface area contributed by atoms with Gasteiger partial charge in [0, 0.05) is 13.6 Å². The van der Waals surface area contributed by atoms with E-state index in [0.717, 1.165) is 12.8 Å². The number of hydrogen-bond acceptors (Lipinski definition) is 3. The van der Waals surface area contributed by atoms with E-state index in [-0.39, 0.29) is 11.8 Å². The molecule has 1 aliphatic rings. The maximum absolute atomic E-state index is 11.8. The molecule has 1 saturated heterocycles. The summed E-state index contributed by atoms with van der Waals surface area (Å²) in [4.78, 5) is 35.7. The summed E-state index contributed by atoms with van der Waals surface area (Å²) < 4.78 is 0. The van der Waals surface area contributed by atoms with E-state index in [1.54, 1.807) is 0 Å². The van der Waals surface area contributed by atoms with Gasteiger partial charge >= 0.3 is 6.03 Å². The summed E-state index contributed by atoms with van der Waals surface area (Å²) in [5.41, 5.74) is 0. The van der Waals surface area contributed by atoms with Crippen molar-refractivity contribution in [1.29, 1.82) is 0 Å². The fraction of sp³-hybridized carbons (Fsp3) is 0.700. The molecule has 7 heteroatoms. The van der Waals surface area contributed by atoms with E-state index in [1.807, 2.05) is 0 Å². The molecule has 1 fully saturated rings. The number of carbonyl (C=O) groups excluding carboxylic acids is 3. The first-order valence-corrected chi connectivity index (χ1v) is 6.01. The first kappa shape index (κ1) is 13.8. The number of rotatable bonds is 2. The number of halogens is 1. The Bertz CT molecular complexity index is 322. The number of likely N-dealkylation sites (tertiary alicyclic amines) is 1. The van der Waals surface area contributed by atoms with Crippen LogP contribution >= 0.6 is 11.6 Å². The Hall–Kier alpha value is -1.30. The van der Waals surface area contributed by atoms with Crippen LogP contribution in [0.1, 0.15) is 19.3 Å². The number of hydrogen-bond donors (Lipinski definition) is 2. The third-order valence-corrected chi connectivity index (χ3v) is 2.92. The van der Waals surface area contributed by atoms with Crippen molar-refractivity contribution in [2.45, 2.75) is 25.3 Å². The second-order valence-electron chi connectivity index (χ2n) is 3.81. The Balaban J connectivity index is 2.67. The molecule has 0 bridgehead atoms. The van der Waals surface area contributed by atoms with Crippen molar-refractivity contribution in [3.05, 3.63) is 0 Å². The third kappa shape index (κ3) is 3.59. The molecule has 96 valence electrons. The van der Waals surface area contributed by atoms with Crippen molar-refractivity contribution in [1.82, 2.24) is 15.5 Å². The molecule has 1 atom stereocenters. The molecular formula is C10H16ClN3O3. The summed E-state index contributed by atoms with van der Waals surface area (Å²) in [6.45, 7) is 0.472. The van der Waals surface area contributed by atoms with Gasteiger partial charge in [-0.1, -0.05) is 0 Å². The summed E-state index contributed by atoms with van der Waals surface area (Å²) >= 11 is 5.30. The SMILES string of the molecule is CNC(=O)C1CCCCN1C(=O)NC(=O)CCl. The molecule has 1 heterocycles. The highest BCUT2D eigenvalue weighted by atomic mass is 35.5. The minimum Gasteiger partial charge on any atom is -0.357 e. The zero-order chi connectivity index (χ0) is 12.8. The van der Waals surface area contributed by atoms with Crippen LogP contribution in [0.25, 0.3) is 0 Å². The minimum absolute atomic E-state index is 0.210. The van der Waals surface area contributed by atoms with Gasteiger partial charge < -0.3 is 10.2 Å². The van der Waals surface area contributed by atoms with Crippen LogP contribution < -0.4 is 10.6 Å². The Labute approximate surface area is 105 Å². The predicted molar refractivity (Wildman–Crippen MR) is 62.7 cm³/mol. The van der Waals surface area contributed by atoms with Crippen molar-refractivity contribution in [2.75, 3.05) is 19.5 Å². The first-order valence-electron chi connectivity index (χ1n) is 5.48. The van der Waals surface area contributed by atoms with Crippen LogP contribution in [-0.4, -0.2) is 48.3 Å². The highest BCUT2D eigenvalue weighted by Crippen LogP contribution is 2.17. The fourth-order valence-corrected chi connectivity index (χ4v) is 1.91. The summed E-state index contributed by atoms with van der Waals surface area (Å²) in [6, 6.07) is -1.05. The number of piperidine rings is 1. The number of alkyl halides is 1. The quantitative estimate of drug-likeness (QED) is 0.690. The zero-order valence-corrected chi connectivity index (χ0v) is 10.4. The molecule has 0 aromatic rings. The van der Waals surface area contributed by atoms with Gasteiger partial charge in [-0.2, -0.15) is 0 Å². The van der Waals surface area contributed by atoms with Crippen molar-refractivity contribution >= 4 is 29.4 Å². The highest BCUT2D eigenvalue weighted by molar-refractivity contribution is 6.28. The normalized spacial score (nSPS) is 19.6. The van der Waals surface area contributed by atoms with Crippen LogP contribution in [0.15, 0.2) is 0 Å². The second kappa shape index (κ2) is 6.44. The highest BCUT2D eigenvalue weighted by Gasteiger charge is 2.31. The minimum atomic E-state index is -0.558. The molecule has 4 amide bonds. The number of carbonyl (C=O) groups is 3. The average Bonchev–Trinajstić information content (AvgIpc) is 2.37. The predicted octanol–water partition coefficient (Wildman–Crippen LogP) is 0.0619. The molecule has 1 unspecified atom stereocenters. The summed E-state index contributed by atoms with van der Waals surface area (Å²) in [6.07, 6.45) is 2.34. The Morgan fingerprint density at radius 1 is 1.35 bits per heavy atom.